The largest absolute Gasteiger partial charge is 0.460 e. The molecule has 1 saturated carbocycles. The highest BCUT2D eigenvalue weighted by molar-refractivity contribution is 6.36. The van der Waals surface area contributed by atoms with Crippen LogP contribution in [0.25, 0.3) is 10.8 Å². The first-order chi connectivity index (χ1) is 20.0. The molecule has 4 aliphatic rings. The van der Waals surface area contributed by atoms with Gasteiger partial charge < -0.3 is 24.0 Å². The van der Waals surface area contributed by atoms with Crippen LogP contribution in [0.2, 0.25) is 5.02 Å². The lowest BCUT2D eigenvalue weighted by atomic mass is 9.61. The second kappa shape index (κ2) is 9.88. The molecule has 212 valence electrons. The second-order valence-corrected chi connectivity index (χ2v) is 12.9. The van der Waals surface area contributed by atoms with Crippen LogP contribution >= 0.6 is 11.6 Å². The van der Waals surface area contributed by atoms with E-state index in [0.717, 1.165) is 78.4 Å². The van der Waals surface area contributed by atoms with Crippen molar-refractivity contribution in [1.82, 2.24) is 24.4 Å². The molecule has 8 nitrogen and oxygen atoms in total. The van der Waals surface area contributed by atoms with Gasteiger partial charge >= 0.3 is 6.01 Å². The van der Waals surface area contributed by atoms with Crippen LogP contribution in [-0.4, -0.2) is 63.7 Å². The Labute approximate surface area is 245 Å². The second-order valence-electron chi connectivity index (χ2n) is 12.5. The third-order valence-electron chi connectivity index (χ3n) is 9.90. The first-order valence-corrected chi connectivity index (χ1v) is 15.3. The summed E-state index contributed by atoms with van der Waals surface area (Å²) >= 11 is 6.73. The fourth-order valence-electron chi connectivity index (χ4n) is 7.45. The third kappa shape index (κ3) is 4.52. The van der Waals surface area contributed by atoms with Crippen molar-refractivity contribution in [2.45, 2.75) is 57.8 Å². The molecule has 4 aromatic rings. The predicted octanol–water partition coefficient (Wildman–Crippen LogP) is 5.32. The molecular formula is C32H36ClN7O. The molecule has 41 heavy (non-hydrogen) atoms. The Bertz CT molecular complexity index is 1600. The number of rotatable bonds is 4. The molecule has 5 heterocycles. The van der Waals surface area contributed by atoms with Crippen molar-refractivity contribution in [1.29, 1.82) is 0 Å². The van der Waals surface area contributed by atoms with E-state index in [-0.39, 0.29) is 6.10 Å². The molecule has 8 rings (SSSR count). The Kier molecular flexibility index (Phi) is 6.11. The molecule has 3 aliphatic heterocycles. The molecule has 0 unspecified atom stereocenters. The van der Waals surface area contributed by atoms with E-state index in [1.807, 2.05) is 24.7 Å². The van der Waals surface area contributed by atoms with E-state index in [4.69, 9.17) is 26.3 Å². The summed E-state index contributed by atoms with van der Waals surface area (Å²) in [4.78, 5) is 21.8. The Morgan fingerprint density at radius 2 is 1.76 bits per heavy atom. The average Bonchev–Trinajstić information content (AvgIpc) is 3.45. The number of piperidine rings is 1. The van der Waals surface area contributed by atoms with Gasteiger partial charge in [-0.05, 0) is 75.2 Å². The van der Waals surface area contributed by atoms with E-state index < -0.39 is 0 Å². The highest BCUT2D eigenvalue weighted by Gasteiger charge is 2.47. The predicted molar refractivity (Wildman–Crippen MR) is 162 cm³/mol. The monoisotopic (exact) mass is 569 g/mol. The Morgan fingerprint density at radius 1 is 0.927 bits per heavy atom. The van der Waals surface area contributed by atoms with Crippen molar-refractivity contribution in [3.63, 3.8) is 0 Å². The first kappa shape index (κ1) is 25.4. The molecule has 1 aliphatic carbocycles. The number of hydrogen-bond donors (Lipinski definition) is 0. The van der Waals surface area contributed by atoms with Crippen molar-refractivity contribution in [3.8, 4) is 6.01 Å². The smallest absolute Gasteiger partial charge is 0.318 e. The molecule has 0 amide bonds. The van der Waals surface area contributed by atoms with E-state index >= 15 is 0 Å². The number of anilines is 2. The minimum absolute atomic E-state index is 0.198. The van der Waals surface area contributed by atoms with E-state index in [2.05, 4.69) is 55.6 Å². The number of ether oxygens (including phenoxy) is 1. The highest BCUT2D eigenvalue weighted by Crippen LogP contribution is 2.50. The number of likely N-dealkylation sites (tertiary alicyclic amines) is 1. The van der Waals surface area contributed by atoms with Gasteiger partial charge in [0.15, 0.2) is 0 Å². The Morgan fingerprint density at radius 3 is 2.61 bits per heavy atom. The van der Waals surface area contributed by atoms with Gasteiger partial charge in [0.05, 0.1) is 35.8 Å². The molecule has 2 aromatic heterocycles. The van der Waals surface area contributed by atoms with Crippen LogP contribution in [0.4, 0.5) is 11.5 Å². The highest BCUT2D eigenvalue weighted by atomic mass is 35.5. The molecule has 0 atom stereocenters. The molecule has 0 radical (unpaired) electrons. The quantitative estimate of drug-likeness (QED) is 0.330. The maximum Gasteiger partial charge on any atom is 0.318 e. The van der Waals surface area contributed by atoms with Gasteiger partial charge in [-0.25, -0.2) is 4.98 Å². The summed E-state index contributed by atoms with van der Waals surface area (Å²) in [5.74, 6) is 1.03. The average molecular weight is 570 g/mol. The molecule has 9 heteroatoms. The molecule has 2 aromatic carbocycles. The molecular weight excluding hydrogens is 534 g/mol. The first-order valence-electron chi connectivity index (χ1n) is 14.9. The number of benzene rings is 2. The lowest BCUT2D eigenvalue weighted by Gasteiger charge is -2.51. The van der Waals surface area contributed by atoms with Crippen molar-refractivity contribution in [3.05, 3.63) is 70.9 Å². The number of aromatic nitrogens is 4. The fraction of sp³-hybridized carbons (Fsp3) is 0.469. The Balaban J connectivity index is 1.11. The van der Waals surface area contributed by atoms with E-state index in [1.54, 1.807) is 0 Å². The third-order valence-corrected chi connectivity index (χ3v) is 10.2. The molecule has 1 saturated heterocycles. The van der Waals surface area contributed by atoms with Gasteiger partial charge in [-0.3, -0.25) is 0 Å². The van der Waals surface area contributed by atoms with Crippen LogP contribution in [-0.2, 0) is 26.1 Å². The zero-order valence-electron chi connectivity index (χ0n) is 23.6. The maximum absolute atomic E-state index is 6.73. The molecule has 0 N–H and O–H groups in total. The molecule has 2 fully saturated rings. The molecule has 0 bridgehead atoms. The van der Waals surface area contributed by atoms with Crippen LogP contribution in [0, 0.1) is 5.41 Å². The zero-order chi connectivity index (χ0) is 27.6. The number of fused-ring (bicyclic) bond motifs is 3. The van der Waals surface area contributed by atoms with Crippen molar-refractivity contribution in [2.24, 2.45) is 5.41 Å². The van der Waals surface area contributed by atoms with Crippen molar-refractivity contribution < 1.29 is 4.74 Å². The summed E-state index contributed by atoms with van der Waals surface area (Å²) in [5.41, 5.74) is 5.13. The molecule has 1 spiro atoms. The van der Waals surface area contributed by atoms with Gasteiger partial charge in [0.2, 0.25) is 0 Å². The van der Waals surface area contributed by atoms with Gasteiger partial charge in [0, 0.05) is 42.5 Å². The number of halogens is 1. The standard InChI is InChI=1S/C32H36ClN7O/c1-37-12-9-32(10-13-37)16-24(17-32)41-31-35-27-20-38(28-7-3-5-22-4-2-6-26(33)29(22)28)11-8-25(27)30(36-31)39-14-15-40-21-34-18-23(40)19-39/h2-7,18,21,24H,8-17,19-20H2,1H3. The van der Waals surface area contributed by atoms with Gasteiger partial charge in [0.25, 0.3) is 0 Å². The van der Waals surface area contributed by atoms with Gasteiger partial charge in [-0.1, -0.05) is 35.9 Å². The summed E-state index contributed by atoms with van der Waals surface area (Å²) in [6.07, 6.45) is 9.73. The van der Waals surface area contributed by atoms with Crippen molar-refractivity contribution >= 4 is 33.9 Å². The SMILES string of the molecule is CN1CCC2(CC1)CC(Oc1nc3c(c(N4CCn5cncc5C4)n1)CCN(c1cccc4cccc(Cl)c14)C3)C2. The Hall–Kier alpha value is -3.36. The normalized spacial score (nSPS) is 20.6. The van der Waals surface area contributed by atoms with E-state index in [1.165, 1.54) is 37.2 Å². The van der Waals surface area contributed by atoms with Gasteiger partial charge in [-0.2, -0.15) is 9.97 Å². The summed E-state index contributed by atoms with van der Waals surface area (Å²) in [7, 11) is 2.23. The number of imidazole rings is 1. The van der Waals surface area contributed by atoms with E-state index in [0.29, 0.717) is 18.0 Å². The van der Waals surface area contributed by atoms with Crippen LogP contribution in [0.5, 0.6) is 6.01 Å². The lowest BCUT2D eigenvalue weighted by molar-refractivity contribution is -0.0551. The van der Waals surface area contributed by atoms with Crippen LogP contribution < -0.4 is 14.5 Å². The minimum atomic E-state index is 0.198. The van der Waals surface area contributed by atoms with Crippen LogP contribution in [0.3, 0.4) is 0 Å². The maximum atomic E-state index is 6.73. The van der Waals surface area contributed by atoms with Gasteiger partial charge in [0.1, 0.15) is 11.9 Å². The van der Waals surface area contributed by atoms with E-state index in [9.17, 15) is 0 Å². The fourth-order valence-corrected chi connectivity index (χ4v) is 7.73. The summed E-state index contributed by atoms with van der Waals surface area (Å²) < 4.78 is 8.81. The summed E-state index contributed by atoms with van der Waals surface area (Å²) in [6.45, 7) is 6.57. The minimum Gasteiger partial charge on any atom is -0.460 e. The van der Waals surface area contributed by atoms with Crippen molar-refractivity contribution in [2.75, 3.05) is 43.0 Å². The zero-order valence-corrected chi connectivity index (χ0v) is 24.4. The number of hydrogen-bond acceptors (Lipinski definition) is 7. The summed E-state index contributed by atoms with van der Waals surface area (Å²) in [6, 6.07) is 13.1. The number of nitrogens with zero attached hydrogens (tertiary/aromatic N) is 7. The topological polar surface area (TPSA) is 62.6 Å². The van der Waals surface area contributed by atoms with Crippen LogP contribution in [0.1, 0.15) is 42.6 Å². The summed E-state index contributed by atoms with van der Waals surface area (Å²) in [5, 5.41) is 3.05. The van der Waals surface area contributed by atoms with Crippen LogP contribution in [0.15, 0.2) is 48.9 Å². The van der Waals surface area contributed by atoms with Gasteiger partial charge in [-0.15, -0.1) is 0 Å². The lowest BCUT2D eigenvalue weighted by Crippen LogP contribution is -2.50.